The van der Waals surface area contributed by atoms with Gasteiger partial charge in [0.05, 0.1) is 24.0 Å². The number of anilines is 2. The predicted molar refractivity (Wildman–Crippen MR) is 85.7 cm³/mol. The molecular formula is C16H24N4O2. The van der Waals surface area contributed by atoms with E-state index >= 15 is 0 Å². The van der Waals surface area contributed by atoms with Gasteiger partial charge in [-0.15, -0.1) is 0 Å². The van der Waals surface area contributed by atoms with Gasteiger partial charge in [0.15, 0.2) is 0 Å². The molecule has 6 heteroatoms. The van der Waals surface area contributed by atoms with E-state index in [0.717, 1.165) is 31.6 Å². The number of carbonyl (C=O) groups excluding carboxylic acids is 1. The summed E-state index contributed by atoms with van der Waals surface area (Å²) in [6.07, 6.45) is 3.68. The van der Waals surface area contributed by atoms with Gasteiger partial charge in [0.1, 0.15) is 11.4 Å². The van der Waals surface area contributed by atoms with Crippen molar-refractivity contribution in [1.29, 1.82) is 0 Å². The first-order valence-electron chi connectivity index (χ1n) is 7.81. The van der Waals surface area contributed by atoms with Gasteiger partial charge in [-0.05, 0) is 45.7 Å². The van der Waals surface area contributed by atoms with E-state index in [1.54, 1.807) is 6.20 Å². The Morgan fingerprint density at radius 2 is 1.91 bits per heavy atom. The molecule has 1 amide bonds. The Morgan fingerprint density at radius 1 is 1.27 bits per heavy atom. The van der Waals surface area contributed by atoms with Crippen LogP contribution in [0.2, 0.25) is 0 Å². The highest BCUT2D eigenvalue weighted by Crippen LogP contribution is 2.33. The fraction of sp³-hybridized carbons (Fsp3) is 0.625. The Kier molecular flexibility index (Phi) is 3.62. The molecule has 1 aromatic rings. The molecule has 120 valence electrons. The molecule has 0 spiro atoms. The lowest BCUT2D eigenvalue weighted by Gasteiger charge is -2.42. The smallest absolute Gasteiger partial charge is 0.410 e. The summed E-state index contributed by atoms with van der Waals surface area (Å²) >= 11 is 0. The third kappa shape index (κ3) is 2.96. The van der Waals surface area contributed by atoms with Crippen LogP contribution in [0.15, 0.2) is 18.3 Å². The van der Waals surface area contributed by atoms with E-state index in [1.165, 1.54) is 0 Å². The molecule has 2 atom stereocenters. The van der Waals surface area contributed by atoms with E-state index in [4.69, 9.17) is 10.5 Å². The molecule has 22 heavy (non-hydrogen) atoms. The fourth-order valence-corrected chi connectivity index (χ4v) is 3.31. The maximum Gasteiger partial charge on any atom is 0.410 e. The van der Waals surface area contributed by atoms with E-state index in [1.807, 2.05) is 37.8 Å². The van der Waals surface area contributed by atoms with Gasteiger partial charge in [0.2, 0.25) is 0 Å². The monoisotopic (exact) mass is 304 g/mol. The highest BCUT2D eigenvalue weighted by molar-refractivity contribution is 5.70. The van der Waals surface area contributed by atoms with Crippen LogP contribution in [0.5, 0.6) is 0 Å². The summed E-state index contributed by atoms with van der Waals surface area (Å²) in [5.41, 5.74) is 6.26. The van der Waals surface area contributed by atoms with Crippen LogP contribution in [-0.2, 0) is 4.74 Å². The van der Waals surface area contributed by atoms with Crippen LogP contribution in [0, 0.1) is 0 Å². The van der Waals surface area contributed by atoms with Gasteiger partial charge in [-0.2, -0.15) is 0 Å². The summed E-state index contributed by atoms with van der Waals surface area (Å²) in [5.74, 6) is 0.527. The highest BCUT2D eigenvalue weighted by atomic mass is 16.6. The number of nitrogen functional groups attached to an aromatic ring is 1. The molecule has 2 N–H and O–H groups in total. The van der Waals surface area contributed by atoms with E-state index in [2.05, 4.69) is 9.88 Å². The zero-order valence-corrected chi connectivity index (χ0v) is 13.5. The molecule has 2 unspecified atom stereocenters. The molecule has 0 aliphatic carbocycles. The summed E-state index contributed by atoms with van der Waals surface area (Å²) in [6, 6.07) is 4.24. The standard InChI is InChI=1S/C16H24N4O2/c1-16(2,3)22-15(21)20-12-4-5-13(20)10-19(9-12)11-6-7-14(17)18-8-11/h6-8,12-13H,4-5,9-10H2,1-3H3,(H2,17,18). The second-order valence-corrected chi connectivity index (χ2v) is 7.12. The third-order valence-corrected chi connectivity index (χ3v) is 4.22. The van der Waals surface area contributed by atoms with Crippen LogP contribution in [0.4, 0.5) is 16.3 Å². The van der Waals surface area contributed by atoms with Crippen molar-refractivity contribution in [2.75, 3.05) is 23.7 Å². The highest BCUT2D eigenvalue weighted by Gasteiger charge is 2.44. The van der Waals surface area contributed by atoms with Crippen LogP contribution in [0.1, 0.15) is 33.6 Å². The maximum atomic E-state index is 12.4. The molecule has 3 heterocycles. The van der Waals surface area contributed by atoms with Crippen molar-refractivity contribution in [2.45, 2.75) is 51.3 Å². The van der Waals surface area contributed by atoms with Crippen molar-refractivity contribution >= 4 is 17.6 Å². The quantitative estimate of drug-likeness (QED) is 0.861. The van der Waals surface area contributed by atoms with Crippen LogP contribution >= 0.6 is 0 Å². The van der Waals surface area contributed by atoms with Crippen molar-refractivity contribution in [2.24, 2.45) is 0 Å². The number of ether oxygens (including phenoxy) is 1. The molecule has 6 nitrogen and oxygen atoms in total. The van der Waals surface area contributed by atoms with E-state index < -0.39 is 5.60 Å². The summed E-state index contributed by atoms with van der Waals surface area (Å²) in [7, 11) is 0. The van der Waals surface area contributed by atoms with Gasteiger partial charge in [-0.25, -0.2) is 9.78 Å². The number of amides is 1. The van der Waals surface area contributed by atoms with Crippen molar-refractivity contribution in [3.8, 4) is 0 Å². The minimum atomic E-state index is -0.450. The summed E-state index contributed by atoms with van der Waals surface area (Å²) in [5, 5.41) is 0. The lowest BCUT2D eigenvalue weighted by Crippen LogP contribution is -2.56. The molecule has 1 aromatic heterocycles. The second-order valence-electron chi connectivity index (χ2n) is 7.12. The van der Waals surface area contributed by atoms with Crippen LogP contribution in [0.3, 0.4) is 0 Å². The van der Waals surface area contributed by atoms with Gasteiger partial charge >= 0.3 is 6.09 Å². The van der Waals surface area contributed by atoms with Crippen LogP contribution in [-0.4, -0.2) is 46.8 Å². The van der Waals surface area contributed by atoms with Crippen molar-refractivity contribution < 1.29 is 9.53 Å². The average Bonchev–Trinajstić information content (AvgIpc) is 2.69. The zero-order valence-electron chi connectivity index (χ0n) is 13.5. The first kappa shape index (κ1) is 14.9. The minimum Gasteiger partial charge on any atom is -0.444 e. The average molecular weight is 304 g/mol. The van der Waals surface area contributed by atoms with Crippen LogP contribution < -0.4 is 10.6 Å². The summed E-state index contributed by atoms with van der Waals surface area (Å²) < 4.78 is 5.55. The van der Waals surface area contributed by atoms with Gasteiger partial charge in [-0.3, -0.25) is 4.90 Å². The second kappa shape index (κ2) is 5.34. The number of aromatic nitrogens is 1. The molecule has 2 saturated heterocycles. The number of hydrogen-bond acceptors (Lipinski definition) is 5. The van der Waals surface area contributed by atoms with Gasteiger partial charge in [-0.1, -0.05) is 0 Å². The number of piperazine rings is 1. The number of fused-ring (bicyclic) bond motifs is 2. The van der Waals surface area contributed by atoms with E-state index in [-0.39, 0.29) is 18.2 Å². The number of rotatable bonds is 1. The molecule has 0 radical (unpaired) electrons. The zero-order chi connectivity index (χ0) is 15.9. The molecule has 3 rings (SSSR count). The third-order valence-electron chi connectivity index (χ3n) is 4.22. The van der Waals surface area contributed by atoms with Gasteiger partial charge in [0, 0.05) is 13.1 Å². The molecule has 0 saturated carbocycles. The Bertz CT molecular complexity index is 538. The Labute approximate surface area is 131 Å². The van der Waals surface area contributed by atoms with Gasteiger partial charge < -0.3 is 15.4 Å². The van der Waals surface area contributed by atoms with E-state index in [9.17, 15) is 4.79 Å². The topological polar surface area (TPSA) is 71.7 Å². The first-order chi connectivity index (χ1) is 10.3. The molecule has 2 aliphatic rings. The minimum absolute atomic E-state index is 0.185. The molecule has 2 fully saturated rings. The molecule has 0 aromatic carbocycles. The number of carbonyl (C=O) groups is 1. The molecular weight excluding hydrogens is 280 g/mol. The Morgan fingerprint density at radius 3 is 2.41 bits per heavy atom. The largest absolute Gasteiger partial charge is 0.444 e. The molecule has 2 aliphatic heterocycles. The van der Waals surface area contributed by atoms with Crippen molar-refractivity contribution in [3.05, 3.63) is 18.3 Å². The SMILES string of the molecule is CC(C)(C)OC(=O)N1C2CCC1CN(c1ccc(N)nc1)C2. The number of nitrogens with two attached hydrogens (primary N) is 1. The lowest BCUT2D eigenvalue weighted by molar-refractivity contribution is 0.0123. The Balaban J connectivity index is 1.71. The summed E-state index contributed by atoms with van der Waals surface area (Å²) in [4.78, 5) is 20.8. The number of nitrogens with zero attached hydrogens (tertiary/aromatic N) is 3. The van der Waals surface area contributed by atoms with Crippen molar-refractivity contribution in [1.82, 2.24) is 9.88 Å². The summed E-state index contributed by atoms with van der Waals surface area (Å²) in [6.45, 7) is 7.36. The normalized spacial score (nSPS) is 24.5. The Hall–Kier alpha value is -1.98. The van der Waals surface area contributed by atoms with Gasteiger partial charge in [0.25, 0.3) is 0 Å². The fourth-order valence-electron chi connectivity index (χ4n) is 3.31. The maximum absolute atomic E-state index is 12.4. The first-order valence-corrected chi connectivity index (χ1v) is 7.81. The number of pyridine rings is 1. The van der Waals surface area contributed by atoms with Crippen LogP contribution in [0.25, 0.3) is 0 Å². The van der Waals surface area contributed by atoms with E-state index in [0.29, 0.717) is 5.82 Å². The molecule has 2 bridgehead atoms. The number of hydrogen-bond donors (Lipinski definition) is 1. The predicted octanol–water partition coefficient (Wildman–Crippen LogP) is 2.25. The lowest BCUT2D eigenvalue weighted by atomic mass is 10.1. The van der Waals surface area contributed by atoms with Crippen molar-refractivity contribution in [3.63, 3.8) is 0 Å².